The molecule has 25 heavy (non-hydrogen) atoms. The highest BCUT2D eigenvalue weighted by atomic mass is 79.9. The molecule has 7 heteroatoms. The molecule has 0 unspecified atom stereocenters. The van der Waals surface area contributed by atoms with Gasteiger partial charge in [0.1, 0.15) is 0 Å². The number of carboxylic acid groups (broad SMARTS) is 1. The molecule has 0 aromatic rings. The van der Waals surface area contributed by atoms with Gasteiger partial charge in [-0.05, 0) is 13.1 Å². The van der Waals surface area contributed by atoms with E-state index < -0.39 is 5.97 Å². The minimum absolute atomic E-state index is 0.00954. The van der Waals surface area contributed by atoms with Crippen molar-refractivity contribution in [3.05, 3.63) is 24.3 Å². The molecule has 0 aliphatic carbocycles. The van der Waals surface area contributed by atoms with E-state index in [0.717, 1.165) is 19.0 Å². The first-order chi connectivity index (χ1) is 11.9. The lowest BCUT2D eigenvalue weighted by molar-refractivity contribution is -0.131. The molecule has 5 nitrogen and oxygen atoms in total. The molecule has 0 rings (SSSR count). The highest BCUT2D eigenvalue weighted by molar-refractivity contribution is 9.09. The van der Waals surface area contributed by atoms with Crippen LogP contribution in [-0.2, 0) is 9.59 Å². The second-order valence-corrected chi connectivity index (χ2v) is 5.52. The van der Waals surface area contributed by atoms with Gasteiger partial charge in [0.2, 0.25) is 5.91 Å². The fourth-order valence-electron chi connectivity index (χ4n) is 0.958. The molecule has 0 saturated heterocycles. The van der Waals surface area contributed by atoms with E-state index >= 15 is 0 Å². The van der Waals surface area contributed by atoms with E-state index in [4.69, 9.17) is 18.0 Å². The molecule has 0 aliphatic rings. The SMILES string of the molecule is C#CCCN(C)C(=O)/C=C/CBr.C#CCCNC.O=C(O)/C=C/CBr. The van der Waals surface area contributed by atoms with Crippen LogP contribution in [0.25, 0.3) is 0 Å². The standard InChI is InChI=1S/C9H12BrNO.C5H9N.C4H5BrO2/c1-3-4-8-11(2)9(12)6-5-7-10;1-3-4-5-6-2;5-3-1-2-4(6)7/h1,5-6H,4,7-8H2,2H3;1,6H,4-5H2,2H3;1-2H,3H2,(H,6,7)/b6-5+;;2-1+. The maximum absolute atomic E-state index is 11.2. The molecule has 0 atom stereocenters. The van der Waals surface area contributed by atoms with Gasteiger partial charge in [-0.2, -0.15) is 0 Å². The maximum Gasteiger partial charge on any atom is 0.328 e. The number of aliphatic carboxylic acids is 1. The third-order valence-electron chi connectivity index (χ3n) is 2.19. The van der Waals surface area contributed by atoms with Crippen LogP contribution in [0.4, 0.5) is 0 Å². The number of terminal acetylenes is 2. The Hall–Kier alpha value is -1.54. The van der Waals surface area contributed by atoms with Crippen molar-refractivity contribution in [2.24, 2.45) is 0 Å². The van der Waals surface area contributed by atoms with Gasteiger partial charge in [-0.3, -0.25) is 4.79 Å². The summed E-state index contributed by atoms with van der Waals surface area (Å²) in [7, 11) is 3.62. The summed E-state index contributed by atoms with van der Waals surface area (Å²) in [6, 6.07) is 0. The van der Waals surface area contributed by atoms with Crippen molar-refractivity contribution in [2.45, 2.75) is 12.8 Å². The van der Waals surface area contributed by atoms with Crippen molar-refractivity contribution in [3.63, 3.8) is 0 Å². The third-order valence-corrected chi connectivity index (χ3v) is 2.93. The second kappa shape index (κ2) is 24.7. The highest BCUT2D eigenvalue weighted by Crippen LogP contribution is 1.90. The zero-order valence-corrected chi connectivity index (χ0v) is 17.8. The number of nitrogens with one attached hydrogen (secondary N) is 1. The van der Waals surface area contributed by atoms with E-state index in [9.17, 15) is 9.59 Å². The van der Waals surface area contributed by atoms with Crippen molar-refractivity contribution >= 4 is 43.7 Å². The van der Waals surface area contributed by atoms with Crippen molar-refractivity contribution in [3.8, 4) is 24.7 Å². The first-order valence-corrected chi connectivity index (χ1v) is 9.59. The zero-order valence-electron chi connectivity index (χ0n) is 14.7. The molecule has 2 N–H and O–H groups in total. The van der Waals surface area contributed by atoms with Gasteiger partial charge in [0.15, 0.2) is 0 Å². The van der Waals surface area contributed by atoms with Crippen LogP contribution < -0.4 is 5.32 Å². The molecule has 0 saturated carbocycles. The highest BCUT2D eigenvalue weighted by Gasteiger charge is 2.01. The quantitative estimate of drug-likeness (QED) is 0.244. The number of alkyl halides is 2. The van der Waals surface area contributed by atoms with E-state index in [1.807, 2.05) is 7.05 Å². The van der Waals surface area contributed by atoms with E-state index in [0.29, 0.717) is 23.6 Å². The van der Waals surface area contributed by atoms with Gasteiger partial charge in [-0.1, -0.05) is 44.0 Å². The maximum atomic E-state index is 11.2. The molecule has 140 valence electrons. The first kappa shape index (κ1) is 28.3. The summed E-state index contributed by atoms with van der Waals surface area (Å²) in [6.45, 7) is 1.54. The van der Waals surface area contributed by atoms with Crippen LogP contribution in [0.3, 0.4) is 0 Å². The van der Waals surface area contributed by atoms with Crippen LogP contribution in [0.15, 0.2) is 24.3 Å². The molecule has 0 bridgehead atoms. The average molecular weight is 478 g/mol. The van der Waals surface area contributed by atoms with Crippen LogP contribution in [0.2, 0.25) is 0 Å². The molecule has 0 radical (unpaired) electrons. The molecule has 0 heterocycles. The van der Waals surface area contributed by atoms with Gasteiger partial charge >= 0.3 is 5.97 Å². The van der Waals surface area contributed by atoms with Crippen molar-refractivity contribution in [2.75, 3.05) is 37.8 Å². The minimum atomic E-state index is -0.903. The van der Waals surface area contributed by atoms with Crippen LogP contribution in [0.1, 0.15) is 12.8 Å². The summed E-state index contributed by atoms with van der Waals surface area (Å²) in [4.78, 5) is 22.4. The summed E-state index contributed by atoms with van der Waals surface area (Å²) in [5.41, 5.74) is 0. The van der Waals surface area contributed by atoms with Gasteiger partial charge in [0, 0.05) is 49.7 Å². The summed E-state index contributed by atoms with van der Waals surface area (Å²) >= 11 is 6.22. The lowest BCUT2D eigenvalue weighted by atomic mass is 10.4. The number of hydrogen-bond acceptors (Lipinski definition) is 3. The van der Waals surface area contributed by atoms with E-state index in [1.165, 1.54) is 12.2 Å². The number of hydrogen-bond donors (Lipinski definition) is 2. The fraction of sp³-hybridized carbons (Fsp3) is 0.444. The number of nitrogens with zero attached hydrogens (tertiary/aromatic N) is 1. The predicted molar refractivity (Wildman–Crippen MR) is 112 cm³/mol. The van der Waals surface area contributed by atoms with Crippen molar-refractivity contribution in [1.29, 1.82) is 0 Å². The third kappa shape index (κ3) is 30.8. The largest absolute Gasteiger partial charge is 0.478 e. The lowest BCUT2D eigenvalue weighted by Gasteiger charge is -2.12. The second-order valence-electron chi connectivity index (χ2n) is 4.22. The molecule has 0 aromatic heterocycles. The first-order valence-electron chi connectivity index (χ1n) is 7.35. The molecule has 0 fully saturated rings. The smallest absolute Gasteiger partial charge is 0.328 e. The molecule has 1 amide bonds. The van der Waals surface area contributed by atoms with E-state index in [2.05, 4.69) is 49.0 Å². The number of amides is 1. The number of carbonyl (C=O) groups excluding carboxylic acids is 1. The monoisotopic (exact) mass is 476 g/mol. The van der Waals surface area contributed by atoms with Gasteiger partial charge < -0.3 is 15.3 Å². The van der Waals surface area contributed by atoms with Crippen LogP contribution in [0.5, 0.6) is 0 Å². The van der Waals surface area contributed by atoms with Crippen molar-refractivity contribution < 1.29 is 14.7 Å². The predicted octanol–water partition coefficient (Wildman–Crippen LogP) is 2.67. The number of carboxylic acids is 1. The van der Waals surface area contributed by atoms with Gasteiger partial charge in [0.05, 0.1) is 0 Å². The Kier molecular flexibility index (Phi) is 27.9. The van der Waals surface area contributed by atoms with Gasteiger partial charge in [-0.15, -0.1) is 24.7 Å². The summed E-state index contributed by atoms with van der Waals surface area (Å²) < 4.78 is 0. The Bertz CT molecular complexity index is 478. The Labute approximate surface area is 168 Å². The average Bonchev–Trinajstić information content (AvgIpc) is 2.61. The van der Waals surface area contributed by atoms with Gasteiger partial charge in [0.25, 0.3) is 0 Å². The van der Waals surface area contributed by atoms with E-state index in [-0.39, 0.29) is 5.91 Å². The van der Waals surface area contributed by atoms with Crippen LogP contribution >= 0.6 is 31.9 Å². The molecule has 0 aromatic carbocycles. The fourth-order valence-corrected chi connectivity index (χ4v) is 1.33. The molecular weight excluding hydrogens is 452 g/mol. The summed E-state index contributed by atoms with van der Waals surface area (Å²) in [6.07, 6.45) is 17.3. The van der Waals surface area contributed by atoms with Crippen LogP contribution in [-0.4, -0.2) is 59.7 Å². The summed E-state index contributed by atoms with van der Waals surface area (Å²) in [5.74, 6) is 4.08. The molecule has 0 spiro atoms. The minimum Gasteiger partial charge on any atom is -0.478 e. The topological polar surface area (TPSA) is 69.6 Å². The van der Waals surface area contributed by atoms with E-state index in [1.54, 1.807) is 18.0 Å². The number of carbonyl (C=O) groups is 2. The van der Waals surface area contributed by atoms with Gasteiger partial charge in [-0.25, -0.2) is 4.79 Å². The summed E-state index contributed by atoms with van der Waals surface area (Å²) in [5, 5.41) is 12.2. The Balaban J connectivity index is -0.000000317. The van der Waals surface area contributed by atoms with Crippen LogP contribution in [0, 0.1) is 24.7 Å². The number of allylic oxidation sites excluding steroid dienone is 2. The Morgan fingerprint density at radius 3 is 1.96 bits per heavy atom. The Morgan fingerprint density at radius 1 is 1.12 bits per heavy atom. The molecule has 0 aliphatic heterocycles. The Morgan fingerprint density at radius 2 is 1.64 bits per heavy atom. The number of halogens is 2. The molecular formula is C18H26Br2N2O3. The zero-order chi connectivity index (χ0) is 19.9. The lowest BCUT2D eigenvalue weighted by Crippen LogP contribution is -2.25. The van der Waals surface area contributed by atoms with Crippen molar-refractivity contribution in [1.82, 2.24) is 10.2 Å². The number of likely N-dealkylation sites (N-methyl/N-ethyl adjacent to an activating group) is 1. The normalized spacial score (nSPS) is 9.20. The number of rotatable bonds is 8.